The second-order valence-corrected chi connectivity index (χ2v) is 7.30. The molecule has 0 saturated heterocycles. The number of para-hydroxylation sites is 1. The van der Waals surface area contributed by atoms with Crippen LogP contribution in [0.1, 0.15) is 23.7 Å². The number of fused-ring (bicyclic) bond motifs is 3. The molecule has 0 spiro atoms. The highest BCUT2D eigenvalue weighted by molar-refractivity contribution is 5.85. The van der Waals surface area contributed by atoms with Crippen molar-refractivity contribution in [1.82, 2.24) is 9.47 Å². The Morgan fingerprint density at radius 1 is 1.12 bits per heavy atom. The van der Waals surface area contributed by atoms with Gasteiger partial charge in [0.1, 0.15) is 11.4 Å². The van der Waals surface area contributed by atoms with Crippen LogP contribution in [-0.4, -0.2) is 28.2 Å². The largest absolute Gasteiger partial charge is 0.384 e. The smallest absolute Gasteiger partial charge is 0.123 e. The summed E-state index contributed by atoms with van der Waals surface area (Å²) in [6.07, 6.45) is 0.972. The first-order chi connectivity index (χ1) is 12.0. The molecule has 130 valence electrons. The molecule has 3 nitrogen and oxygen atoms in total. The highest BCUT2D eigenvalue weighted by Crippen LogP contribution is 2.33. The molecule has 4 heteroatoms. The fourth-order valence-electron chi connectivity index (χ4n) is 3.92. The van der Waals surface area contributed by atoms with E-state index < -0.39 is 5.60 Å². The van der Waals surface area contributed by atoms with Crippen LogP contribution in [-0.2, 0) is 25.1 Å². The van der Waals surface area contributed by atoms with E-state index in [-0.39, 0.29) is 5.82 Å². The predicted octanol–water partition coefficient (Wildman–Crippen LogP) is 3.68. The Morgan fingerprint density at radius 2 is 1.84 bits per heavy atom. The zero-order chi connectivity index (χ0) is 17.6. The highest BCUT2D eigenvalue weighted by atomic mass is 19.1. The van der Waals surface area contributed by atoms with E-state index in [4.69, 9.17) is 0 Å². The lowest BCUT2D eigenvalue weighted by Crippen LogP contribution is -2.31. The van der Waals surface area contributed by atoms with Gasteiger partial charge >= 0.3 is 0 Å². The maximum absolute atomic E-state index is 13.2. The molecule has 0 bridgehead atoms. The van der Waals surface area contributed by atoms with Gasteiger partial charge in [-0.3, -0.25) is 0 Å². The van der Waals surface area contributed by atoms with Crippen LogP contribution in [0.2, 0.25) is 0 Å². The van der Waals surface area contributed by atoms with Gasteiger partial charge in [-0.05, 0) is 43.3 Å². The molecule has 25 heavy (non-hydrogen) atoms. The summed E-state index contributed by atoms with van der Waals surface area (Å²) < 4.78 is 15.5. The fraction of sp³-hybridized carbons (Fsp3) is 0.333. The minimum absolute atomic E-state index is 0.286. The maximum Gasteiger partial charge on any atom is 0.123 e. The molecule has 4 rings (SSSR count). The number of likely N-dealkylation sites (N-methyl/N-ethyl adjacent to an activating group) is 1. The molecule has 2 heterocycles. The van der Waals surface area contributed by atoms with Gasteiger partial charge in [0, 0.05) is 36.1 Å². The van der Waals surface area contributed by atoms with Crippen molar-refractivity contribution in [3.05, 3.63) is 71.2 Å². The number of benzene rings is 2. The van der Waals surface area contributed by atoms with Gasteiger partial charge < -0.3 is 14.6 Å². The van der Waals surface area contributed by atoms with Crippen LogP contribution in [0.15, 0.2) is 48.5 Å². The lowest BCUT2D eigenvalue weighted by Gasteiger charge is -2.29. The van der Waals surface area contributed by atoms with Crippen molar-refractivity contribution in [2.24, 2.45) is 0 Å². The SMILES string of the molecule is CN1CCc2c(c3ccccc3n2CC(C)(O)c2ccc(F)cc2)C1. The number of hydrogen-bond donors (Lipinski definition) is 1. The first-order valence-corrected chi connectivity index (χ1v) is 8.72. The van der Waals surface area contributed by atoms with E-state index in [1.165, 1.54) is 28.8 Å². The van der Waals surface area contributed by atoms with Gasteiger partial charge in [-0.2, -0.15) is 0 Å². The molecular weight excluding hydrogens is 315 g/mol. The Morgan fingerprint density at radius 3 is 2.60 bits per heavy atom. The van der Waals surface area contributed by atoms with Gasteiger partial charge in [-0.1, -0.05) is 30.3 Å². The third-order valence-corrected chi connectivity index (χ3v) is 5.28. The molecular formula is C21H23FN2O. The van der Waals surface area contributed by atoms with Crippen LogP contribution < -0.4 is 0 Å². The molecule has 3 aromatic rings. The number of hydrogen-bond acceptors (Lipinski definition) is 2. The van der Waals surface area contributed by atoms with Crippen LogP contribution in [0.3, 0.4) is 0 Å². The minimum Gasteiger partial charge on any atom is -0.384 e. The van der Waals surface area contributed by atoms with Crippen molar-refractivity contribution in [1.29, 1.82) is 0 Å². The molecule has 0 saturated carbocycles. The number of nitrogens with zero attached hydrogens (tertiary/aromatic N) is 2. The van der Waals surface area contributed by atoms with Crippen molar-refractivity contribution < 1.29 is 9.50 Å². The minimum atomic E-state index is -1.06. The van der Waals surface area contributed by atoms with E-state index in [1.54, 1.807) is 19.1 Å². The third-order valence-electron chi connectivity index (χ3n) is 5.28. The third kappa shape index (κ3) is 2.86. The summed E-state index contributed by atoms with van der Waals surface area (Å²) in [5.74, 6) is -0.286. The van der Waals surface area contributed by atoms with Crippen molar-refractivity contribution in [3.63, 3.8) is 0 Å². The Balaban J connectivity index is 1.80. The number of aliphatic hydroxyl groups is 1. The molecule has 0 radical (unpaired) electrons. The van der Waals surface area contributed by atoms with E-state index in [1.807, 2.05) is 6.07 Å². The van der Waals surface area contributed by atoms with E-state index in [0.717, 1.165) is 30.6 Å². The first-order valence-electron chi connectivity index (χ1n) is 8.72. The van der Waals surface area contributed by atoms with E-state index in [9.17, 15) is 9.50 Å². The molecule has 1 aliphatic heterocycles. The Labute approximate surface area is 147 Å². The molecule has 1 N–H and O–H groups in total. The van der Waals surface area contributed by atoms with Gasteiger partial charge in [0.2, 0.25) is 0 Å². The lowest BCUT2D eigenvalue weighted by atomic mass is 9.95. The van der Waals surface area contributed by atoms with E-state index >= 15 is 0 Å². The first kappa shape index (κ1) is 16.3. The van der Waals surface area contributed by atoms with Crippen LogP contribution in [0.5, 0.6) is 0 Å². The molecule has 1 aliphatic rings. The Hall–Kier alpha value is -2.17. The van der Waals surface area contributed by atoms with Crippen molar-refractivity contribution in [3.8, 4) is 0 Å². The second kappa shape index (κ2) is 5.97. The number of halogens is 1. The summed E-state index contributed by atoms with van der Waals surface area (Å²) in [6.45, 7) is 4.21. The molecule has 1 unspecified atom stereocenters. The summed E-state index contributed by atoms with van der Waals surface area (Å²) in [4.78, 5) is 2.33. The van der Waals surface area contributed by atoms with Crippen LogP contribution in [0.25, 0.3) is 10.9 Å². The zero-order valence-electron chi connectivity index (χ0n) is 14.7. The highest BCUT2D eigenvalue weighted by Gasteiger charge is 2.29. The van der Waals surface area contributed by atoms with Crippen LogP contribution >= 0.6 is 0 Å². The standard InChI is InChI=1S/C21H23FN2O/c1-21(25,15-7-9-16(22)10-8-15)14-24-19-6-4-3-5-17(19)18-13-23(2)12-11-20(18)24/h3-10,25H,11-14H2,1-2H3. The Kier molecular flexibility index (Phi) is 3.89. The number of aromatic nitrogens is 1. The van der Waals surface area contributed by atoms with Gasteiger partial charge in [-0.15, -0.1) is 0 Å². The van der Waals surface area contributed by atoms with E-state index in [0.29, 0.717) is 6.54 Å². The van der Waals surface area contributed by atoms with Crippen LogP contribution in [0, 0.1) is 5.82 Å². The van der Waals surface area contributed by atoms with Crippen molar-refractivity contribution in [2.75, 3.05) is 13.6 Å². The normalized spacial score (nSPS) is 17.4. The Bertz CT molecular complexity index is 912. The molecule has 0 aliphatic carbocycles. The zero-order valence-corrected chi connectivity index (χ0v) is 14.7. The summed E-state index contributed by atoms with van der Waals surface area (Å²) in [7, 11) is 2.14. The monoisotopic (exact) mass is 338 g/mol. The van der Waals surface area contributed by atoms with Gasteiger partial charge in [0.25, 0.3) is 0 Å². The molecule has 0 amide bonds. The number of rotatable bonds is 3. The summed E-state index contributed by atoms with van der Waals surface area (Å²) in [5.41, 5.74) is 3.49. The quantitative estimate of drug-likeness (QED) is 0.789. The topological polar surface area (TPSA) is 28.4 Å². The average molecular weight is 338 g/mol. The van der Waals surface area contributed by atoms with E-state index in [2.05, 4.69) is 34.7 Å². The molecule has 1 aromatic heterocycles. The molecule has 2 aromatic carbocycles. The predicted molar refractivity (Wildman–Crippen MR) is 97.9 cm³/mol. The lowest BCUT2D eigenvalue weighted by molar-refractivity contribution is 0.0384. The molecule has 1 atom stereocenters. The van der Waals surface area contributed by atoms with Gasteiger partial charge in [-0.25, -0.2) is 4.39 Å². The molecule has 0 fully saturated rings. The average Bonchev–Trinajstić information content (AvgIpc) is 2.88. The summed E-state index contributed by atoms with van der Waals surface area (Å²) in [5, 5.41) is 12.4. The summed E-state index contributed by atoms with van der Waals surface area (Å²) >= 11 is 0. The second-order valence-electron chi connectivity index (χ2n) is 7.30. The van der Waals surface area contributed by atoms with Gasteiger partial charge in [0.15, 0.2) is 0 Å². The fourth-order valence-corrected chi connectivity index (χ4v) is 3.92. The van der Waals surface area contributed by atoms with Gasteiger partial charge in [0.05, 0.1) is 6.54 Å². The van der Waals surface area contributed by atoms with Crippen LogP contribution in [0.4, 0.5) is 4.39 Å². The van der Waals surface area contributed by atoms with Crippen molar-refractivity contribution in [2.45, 2.75) is 32.0 Å². The van der Waals surface area contributed by atoms with Crippen molar-refractivity contribution >= 4 is 10.9 Å². The summed E-state index contributed by atoms with van der Waals surface area (Å²) in [6, 6.07) is 14.5. The maximum atomic E-state index is 13.2.